The van der Waals surface area contributed by atoms with Crippen LogP contribution >= 0.6 is 11.3 Å². The van der Waals surface area contributed by atoms with E-state index >= 15 is 0 Å². The number of Topliss-reactive ketones (excluding diaryl/α,β-unsaturated/α-hetero) is 1. The number of ketones is 1. The van der Waals surface area contributed by atoms with E-state index < -0.39 is 10.0 Å². The van der Waals surface area contributed by atoms with Crippen LogP contribution in [-0.2, 0) is 16.4 Å². The molecule has 2 heterocycles. The summed E-state index contributed by atoms with van der Waals surface area (Å²) in [4.78, 5) is 12.8. The van der Waals surface area contributed by atoms with Crippen LogP contribution in [0.2, 0.25) is 0 Å². The average Bonchev–Trinajstić information content (AvgIpc) is 3.13. The van der Waals surface area contributed by atoms with Crippen molar-refractivity contribution in [2.45, 2.75) is 44.9 Å². The Kier molecular flexibility index (Phi) is 7.02. The molecule has 1 aromatic heterocycles. The molecular weight excluding hydrogens is 408 g/mol. The Morgan fingerprint density at radius 3 is 2.69 bits per heavy atom. The lowest BCUT2D eigenvalue weighted by Crippen LogP contribution is -2.37. The van der Waals surface area contributed by atoms with Crippen LogP contribution in [0.25, 0.3) is 0 Å². The first kappa shape index (κ1) is 21.9. The predicted octanol–water partition coefficient (Wildman–Crippen LogP) is 3.45. The van der Waals surface area contributed by atoms with Gasteiger partial charge in [-0.1, -0.05) is 44.2 Å². The lowest BCUT2D eigenvalue weighted by atomic mass is 10.0. The second kappa shape index (κ2) is 9.32. The minimum atomic E-state index is -3.58. The highest BCUT2D eigenvalue weighted by Crippen LogP contribution is 2.24. The number of nitrogens with zero attached hydrogens (tertiary/aromatic N) is 3. The molecule has 1 aromatic carbocycles. The van der Waals surface area contributed by atoms with Crippen molar-refractivity contribution in [3.8, 4) is 0 Å². The second-order valence-corrected chi connectivity index (χ2v) is 11.0. The van der Waals surface area contributed by atoms with Gasteiger partial charge in [0.15, 0.2) is 5.78 Å². The van der Waals surface area contributed by atoms with Crippen LogP contribution in [0.4, 0.5) is 5.13 Å². The number of benzene rings is 1. The molecule has 0 amide bonds. The number of hydrogen-bond donors (Lipinski definition) is 1. The van der Waals surface area contributed by atoms with Gasteiger partial charge in [-0.2, -0.15) is 4.31 Å². The molecule has 0 radical (unpaired) electrons. The Morgan fingerprint density at radius 1 is 1.28 bits per heavy atom. The number of nitrogens with one attached hydrogen (secondary N) is 1. The summed E-state index contributed by atoms with van der Waals surface area (Å²) in [6.45, 7) is 7.46. The van der Waals surface area contributed by atoms with Crippen LogP contribution in [0.15, 0.2) is 29.2 Å². The third kappa shape index (κ3) is 5.61. The standard InChI is InChI=1S/C20H28N4O3S2/c1-14(2)11-19-22-23-20(28-19)21-13-18(25)16-5-4-6-17(12-16)29(26,27)24-9-7-15(3)8-10-24/h4-6,12,14-15H,7-11,13H2,1-3H3,(H,21,23). The van der Waals surface area contributed by atoms with Crippen molar-refractivity contribution in [2.24, 2.45) is 11.8 Å². The fourth-order valence-electron chi connectivity index (χ4n) is 3.22. The van der Waals surface area contributed by atoms with E-state index in [1.807, 2.05) is 0 Å². The Bertz CT molecular complexity index is 948. The first-order valence-corrected chi connectivity index (χ1v) is 12.2. The molecule has 0 spiro atoms. The van der Waals surface area contributed by atoms with Crippen LogP contribution in [0.5, 0.6) is 0 Å². The third-order valence-electron chi connectivity index (χ3n) is 4.99. The molecule has 158 valence electrons. The normalized spacial score (nSPS) is 16.3. The summed E-state index contributed by atoms with van der Waals surface area (Å²) < 4.78 is 27.4. The molecule has 0 atom stereocenters. The Morgan fingerprint density at radius 2 is 2.00 bits per heavy atom. The van der Waals surface area contributed by atoms with E-state index in [0.29, 0.717) is 35.6 Å². The molecule has 29 heavy (non-hydrogen) atoms. The van der Waals surface area contributed by atoms with E-state index in [0.717, 1.165) is 24.3 Å². The molecule has 2 aromatic rings. The first-order valence-electron chi connectivity index (χ1n) is 9.95. The molecule has 0 saturated carbocycles. The number of anilines is 1. The number of rotatable bonds is 8. The van der Waals surface area contributed by atoms with E-state index in [4.69, 9.17) is 0 Å². The van der Waals surface area contributed by atoms with Crippen molar-refractivity contribution in [1.82, 2.24) is 14.5 Å². The quantitative estimate of drug-likeness (QED) is 0.637. The largest absolute Gasteiger partial charge is 0.353 e. The molecule has 0 aliphatic carbocycles. The minimum Gasteiger partial charge on any atom is -0.353 e. The molecule has 3 rings (SSSR count). The molecule has 1 aliphatic heterocycles. The molecular formula is C20H28N4O3S2. The van der Waals surface area contributed by atoms with Crippen molar-refractivity contribution in [2.75, 3.05) is 25.0 Å². The Balaban J connectivity index is 1.65. The topological polar surface area (TPSA) is 92.3 Å². The average molecular weight is 437 g/mol. The van der Waals surface area contributed by atoms with Gasteiger partial charge in [0.2, 0.25) is 15.2 Å². The molecule has 1 fully saturated rings. The van der Waals surface area contributed by atoms with E-state index in [-0.39, 0.29) is 17.2 Å². The fourth-order valence-corrected chi connectivity index (χ4v) is 5.68. The maximum Gasteiger partial charge on any atom is 0.243 e. The Hall–Kier alpha value is -1.84. The zero-order chi connectivity index (χ0) is 21.0. The van der Waals surface area contributed by atoms with Gasteiger partial charge in [0.05, 0.1) is 11.4 Å². The van der Waals surface area contributed by atoms with Crippen LogP contribution in [0, 0.1) is 11.8 Å². The maximum atomic E-state index is 12.9. The summed E-state index contributed by atoms with van der Waals surface area (Å²) >= 11 is 1.44. The lowest BCUT2D eigenvalue weighted by Gasteiger charge is -2.29. The van der Waals surface area contributed by atoms with Gasteiger partial charge in [0, 0.05) is 25.1 Å². The summed E-state index contributed by atoms with van der Waals surface area (Å²) in [5, 5.41) is 12.7. The first-order chi connectivity index (χ1) is 13.8. The molecule has 1 saturated heterocycles. The summed E-state index contributed by atoms with van der Waals surface area (Å²) in [5.41, 5.74) is 0.371. The molecule has 0 unspecified atom stereocenters. The number of hydrogen-bond acceptors (Lipinski definition) is 7. The maximum absolute atomic E-state index is 12.9. The van der Waals surface area contributed by atoms with Gasteiger partial charge < -0.3 is 5.32 Å². The van der Waals surface area contributed by atoms with Gasteiger partial charge in [0.25, 0.3) is 0 Å². The zero-order valence-corrected chi connectivity index (χ0v) is 18.7. The smallest absolute Gasteiger partial charge is 0.243 e. The number of carbonyl (C=O) groups is 1. The van der Waals surface area contributed by atoms with Crippen molar-refractivity contribution in [3.63, 3.8) is 0 Å². The van der Waals surface area contributed by atoms with E-state index in [2.05, 4.69) is 36.3 Å². The molecule has 0 bridgehead atoms. The number of sulfonamides is 1. The molecule has 1 N–H and O–H groups in total. The van der Waals surface area contributed by atoms with Gasteiger partial charge in [-0.05, 0) is 36.8 Å². The van der Waals surface area contributed by atoms with Crippen LogP contribution in [-0.4, -0.2) is 48.3 Å². The number of carbonyl (C=O) groups excluding carboxylic acids is 1. The number of piperidine rings is 1. The predicted molar refractivity (Wildman–Crippen MR) is 115 cm³/mol. The van der Waals surface area contributed by atoms with E-state index in [1.54, 1.807) is 18.2 Å². The van der Waals surface area contributed by atoms with E-state index in [9.17, 15) is 13.2 Å². The van der Waals surface area contributed by atoms with Crippen molar-refractivity contribution in [1.29, 1.82) is 0 Å². The van der Waals surface area contributed by atoms with Gasteiger partial charge in [-0.15, -0.1) is 10.2 Å². The minimum absolute atomic E-state index is 0.0427. The van der Waals surface area contributed by atoms with Crippen LogP contribution in [0.3, 0.4) is 0 Å². The lowest BCUT2D eigenvalue weighted by molar-refractivity contribution is 0.101. The van der Waals surface area contributed by atoms with Gasteiger partial charge in [-0.25, -0.2) is 8.42 Å². The highest BCUT2D eigenvalue weighted by molar-refractivity contribution is 7.89. The van der Waals surface area contributed by atoms with Crippen LogP contribution < -0.4 is 5.32 Å². The van der Waals surface area contributed by atoms with Crippen molar-refractivity contribution >= 4 is 32.3 Å². The monoisotopic (exact) mass is 436 g/mol. The molecule has 9 heteroatoms. The van der Waals surface area contributed by atoms with Gasteiger partial charge in [-0.3, -0.25) is 4.79 Å². The van der Waals surface area contributed by atoms with Crippen LogP contribution in [0.1, 0.15) is 49.0 Å². The summed E-state index contributed by atoms with van der Waals surface area (Å²) in [6, 6.07) is 6.30. The summed E-state index contributed by atoms with van der Waals surface area (Å²) in [7, 11) is -3.58. The molecule has 1 aliphatic rings. The SMILES string of the molecule is CC(C)Cc1nnc(NCC(=O)c2cccc(S(=O)(=O)N3CCC(C)CC3)c2)s1. The van der Waals surface area contributed by atoms with Gasteiger partial charge in [0.1, 0.15) is 5.01 Å². The summed E-state index contributed by atoms with van der Waals surface area (Å²) in [5.74, 6) is 0.849. The van der Waals surface area contributed by atoms with Gasteiger partial charge >= 0.3 is 0 Å². The van der Waals surface area contributed by atoms with Crippen molar-refractivity contribution < 1.29 is 13.2 Å². The fraction of sp³-hybridized carbons (Fsp3) is 0.550. The molecule has 7 nitrogen and oxygen atoms in total. The number of aromatic nitrogens is 2. The Labute approximate surface area is 176 Å². The van der Waals surface area contributed by atoms with Crippen molar-refractivity contribution in [3.05, 3.63) is 34.8 Å². The third-order valence-corrected chi connectivity index (χ3v) is 7.78. The highest BCUT2D eigenvalue weighted by Gasteiger charge is 2.28. The second-order valence-electron chi connectivity index (χ2n) is 7.99. The van der Waals surface area contributed by atoms with E-state index in [1.165, 1.54) is 21.7 Å². The highest BCUT2D eigenvalue weighted by atomic mass is 32.2. The summed E-state index contributed by atoms with van der Waals surface area (Å²) in [6.07, 6.45) is 2.58. The zero-order valence-electron chi connectivity index (χ0n) is 17.1.